The molecule has 0 aliphatic heterocycles. The van der Waals surface area contributed by atoms with Crippen molar-refractivity contribution in [2.45, 2.75) is 6.54 Å². The molecular formula is C21H23N5O2. The summed E-state index contributed by atoms with van der Waals surface area (Å²) in [6.07, 6.45) is 1.37. The molecule has 2 aromatic carbocycles. The lowest BCUT2D eigenvalue weighted by atomic mass is 10.2. The molecule has 28 heavy (non-hydrogen) atoms. The van der Waals surface area contributed by atoms with E-state index >= 15 is 0 Å². The second-order valence-corrected chi connectivity index (χ2v) is 6.35. The van der Waals surface area contributed by atoms with Crippen LogP contribution in [-0.2, 0) is 6.54 Å². The van der Waals surface area contributed by atoms with Gasteiger partial charge in [0.1, 0.15) is 23.6 Å². The Bertz CT molecular complexity index is 942. The molecule has 0 spiro atoms. The minimum Gasteiger partial charge on any atom is -0.496 e. The summed E-state index contributed by atoms with van der Waals surface area (Å²) in [6.45, 7) is 0.522. The maximum Gasteiger partial charge on any atom is 0.274 e. The number of para-hydroxylation sites is 1. The number of amides is 1. The first-order chi connectivity index (χ1) is 13.6. The molecule has 0 unspecified atom stereocenters. The number of rotatable bonds is 7. The molecule has 3 rings (SSSR count). The van der Waals surface area contributed by atoms with Gasteiger partial charge in [0.25, 0.3) is 5.91 Å². The summed E-state index contributed by atoms with van der Waals surface area (Å²) in [5.74, 6) is 1.07. The molecule has 0 aliphatic carbocycles. The highest BCUT2D eigenvalue weighted by molar-refractivity contribution is 6.03. The fourth-order valence-electron chi connectivity index (χ4n) is 2.65. The second-order valence-electron chi connectivity index (χ2n) is 6.35. The summed E-state index contributed by atoms with van der Waals surface area (Å²) < 4.78 is 5.35. The summed E-state index contributed by atoms with van der Waals surface area (Å²) in [4.78, 5) is 22.8. The van der Waals surface area contributed by atoms with Crippen molar-refractivity contribution in [1.82, 2.24) is 9.97 Å². The van der Waals surface area contributed by atoms with Gasteiger partial charge in [-0.1, -0.05) is 18.2 Å². The number of carbonyl (C=O) groups is 1. The normalized spacial score (nSPS) is 10.2. The SMILES string of the molecule is COc1ccccc1CNc1cc(C(=O)Nc2ccc(N(C)C)cc2)ncn1. The van der Waals surface area contributed by atoms with Crippen molar-refractivity contribution < 1.29 is 9.53 Å². The van der Waals surface area contributed by atoms with Crippen molar-refractivity contribution in [2.75, 3.05) is 36.7 Å². The molecule has 3 aromatic rings. The number of aromatic nitrogens is 2. The molecule has 7 nitrogen and oxygen atoms in total. The minimum absolute atomic E-state index is 0.286. The van der Waals surface area contributed by atoms with Gasteiger partial charge in [0, 0.05) is 43.6 Å². The summed E-state index contributed by atoms with van der Waals surface area (Å²) in [7, 11) is 5.57. The average Bonchev–Trinajstić information content (AvgIpc) is 2.73. The number of methoxy groups -OCH3 is 1. The van der Waals surface area contributed by atoms with Gasteiger partial charge in [0.05, 0.1) is 7.11 Å². The largest absolute Gasteiger partial charge is 0.496 e. The third-order valence-electron chi connectivity index (χ3n) is 4.19. The Kier molecular flexibility index (Phi) is 6.06. The van der Waals surface area contributed by atoms with Gasteiger partial charge >= 0.3 is 0 Å². The molecule has 7 heteroatoms. The van der Waals surface area contributed by atoms with E-state index in [2.05, 4.69) is 20.6 Å². The standard InChI is InChI=1S/C21H23N5O2/c1-26(2)17-10-8-16(9-11-17)25-21(27)18-12-20(24-14-23-18)22-13-15-6-4-5-7-19(15)28-3/h4-12,14H,13H2,1-3H3,(H,25,27)(H,22,23,24). The fourth-order valence-corrected chi connectivity index (χ4v) is 2.65. The zero-order valence-corrected chi connectivity index (χ0v) is 16.1. The Morgan fingerprint density at radius 2 is 1.82 bits per heavy atom. The molecule has 1 heterocycles. The lowest BCUT2D eigenvalue weighted by molar-refractivity contribution is 0.102. The molecule has 1 aromatic heterocycles. The third kappa shape index (κ3) is 4.76. The fraction of sp³-hybridized carbons (Fsp3) is 0.190. The molecule has 0 saturated carbocycles. The highest BCUT2D eigenvalue weighted by Crippen LogP contribution is 2.19. The van der Waals surface area contributed by atoms with Gasteiger partial charge in [0.15, 0.2) is 0 Å². The maximum atomic E-state index is 12.5. The van der Waals surface area contributed by atoms with Crippen LogP contribution in [0.25, 0.3) is 0 Å². The molecule has 1 amide bonds. The Hall–Kier alpha value is -3.61. The molecule has 0 fully saturated rings. The number of nitrogens with zero attached hydrogens (tertiary/aromatic N) is 3. The van der Waals surface area contributed by atoms with E-state index in [1.165, 1.54) is 6.33 Å². The minimum atomic E-state index is -0.291. The first-order valence-electron chi connectivity index (χ1n) is 8.83. The highest BCUT2D eigenvalue weighted by atomic mass is 16.5. The number of carbonyl (C=O) groups excluding carboxylic acids is 1. The van der Waals surface area contributed by atoms with E-state index in [1.54, 1.807) is 13.2 Å². The Morgan fingerprint density at radius 3 is 2.54 bits per heavy atom. The monoisotopic (exact) mass is 377 g/mol. The van der Waals surface area contributed by atoms with Crippen LogP contribution in [0.15, 0.2) is 60.9 Å². The van der Waals surface area contributed by atoms with Gasteiger partial charge in [-0.2, -0.15) is 0 Å². The van der Waals surface area contributed by atoms with Crippen molar-refractivity contribution >= 4 is 23.1 Å². The number of ether oxygens (including phenoxy) is 1. The lowest BCUT2D eigenvalue weighted by Crippen LogP contribution is -2.15. The van der Waals surface area contributed by atoms with Crippen LogP contribution in [0.3, 0.4) is 0 Å². The number of hydrogen-bond donors (Lipinski definition) is 2. The van der Waals surface area contributed by atoms with E-state index in [0.717, 1.165) is 17.0 Å². The molecule has 0 radical (unpaired) electrons. The van der Waals surface area contributed by atoms with E-state index in [4.69, 9.17) is 4.74 Å². The van der Waals surface area contributed by atoms with Crippen LogP contribution in [0.5, 0.6) is 5.75 Å². The molecule has 0 bridgehead atoms. The van der Waals surface area contributed by atoms with E-state index < -0.39 is 0 Å². The quantitative estimate of drug-likeness (QED) is 0.657. The summed E-state index contributed by atoms with van der Waals surface area (Å²) >= 11 is 0. The van der Waals surface area contributed by atoms with Crippen LogP contribution in [0.1, 0.15) is 16.1 Å². The Morgan fingerprint density at radius 1 is 1.07 bits per heavy atom. The van der Waals surface area contributed by atoms with E-state index in [1.807, 2.05) is 67.5 Å². The summed E-state index contributed by atoms with van der Waals surface area (Å²) in [6, 6.07) is 16.9. The highest BCUT2D eigenvalue weighted by Gasteiger charge is 2.10. The number of nitrogens with one attached hydrogen (secondary N) is 2. The molecule has 2 N–H and O–H groups in total. The zero-order valence-electron chi connectivity index (χ0n) is 16.1. The number of anilines is 3. The molecule has 0 atom stereocenters. The van der Waals surface area contributed by atoms with E-state index in [9.17, 15) is 4.79 Å². The van der Waals surface area contributed by atoms with Crippen LogP contribution < -0.4 is 20.3 Å². The Labute approximate surface area is 164 Å². The topological polar surface area (TPSA) is 79.4 Å². The first-order valence-corrected chi connectivity index (χ1v) is 8.83. The van der Waals surface area contributed by atoms with Gasteiger partial charge in [-0.3, -0.25) is 4.79 Å². The van der Waals surface area contributed by atoms with Crippen molar-refractivity contribution in [1.29, 1.82) is 0 Å². The summed E-state index contributed by atoms with van der Waals surface area (Å²) in [5.41, 5.74) is 3.05. The maximum absolute atomic E-state index is 12.5. The van der Waals surface area contributed by atoms with Crippen LogP contribution in [0.2, 0.25) is 0 Å². The second kappa shape index (κ2) is 8.85. The van der Waals surface area contributed by atoms with Gasteiger partial charge < -0.3 is 20.3 Å². The van der Waals surface area contributed by atoms with E-state index in [-0.39, 0.29) is 11.6 Å². The average molecular weight is 377 g/mol. The smallest absolute Gasteiger partial charge is 0.274 e. The predicted molar refractivity (Wildman–Crippen MR) is 111 cm³/mol. The van der Waals surface area contributed by atoms with Crippen molar-refractivity contribution in [3.63, 3.8) is 0 Å². The van der Waals surface area contributed by atoms with Crippen molar-refractivity contribution in [2.24, 2.45) is 0 Å². The first kappa shape index (κ1) is 19.2. The number of hydrogen-bond acceptors (Lipinski definition) is 6. The molecule has 144 valence electrons. The predicted octanol–water partition coefficient (Wildman–Crippen LogP) is 3.42. The van der Waals surface area contributed by atoms with Crippen LogP contribution in [0.4, 0.5) is 17.2 Å². The Balaban J connectivity index is 1.66. The number of benzene rings is 2. The van der Waals surface area contributed by atoms with Crippen molar-refractivity contribution in [3.8, 4) is 5.75 Å². The van der Waals surface area contributed by atoms with E-state index in [0.29, 0.717) is 18.1 Å². The summed E-state index contributed by atoms with van der Waals surface area (Å²) in [5, 5.41) is 6.05. The third-order valence-corrected chi connectivity index (χ3v) is 4.19. The van der Waals surface area contributed by atoms with Gasteiger partial charge in [0.2, 0.25) is 0 Å². The van der Waals surface area contributed by atoms with Gasteiger partial charge in [-0.05, 0) is 30.3 Å². The van der Waals surface area contributed by atoms with Gasteiger partial charge in [-0.15, -0.1) is 0 Å². The van der Waals surface area contributed by atoms with Gasteiger partial charge in [-0.25, -0.2) is 9.97 Å². The molecule has 0 saturated heterocycles. The molecular weight excluding hydrogens is 354 g/mol. The zero-order chi connectivity index (χ0) is 19.9. The van der Waals surface area contributed by atoms with Crippen LogP contribution in [0, 0.1) is 0 Å². The van der Waals surface area contributed by atoms with Crippen LogP contribution in [-0.4, -0.2) is 37.1 Å². The molecule has 0 aliphatic rings. The van der Waals surface area contributed by atoms with Crippen molar-refractivity contribution in [3.05, 3.63) is 72.2 Å². The van der Waals surface area contributed by atoms with Crippen LogP contribution >= 0.6 is 0 Å². The lowest BCUT2D eigenvalue weighted by Gasteiger charge is -2.13.